The fraction of sp³-hybridized carbons (Fsp3) is 0.647. The second kappa shape index (κ2) is 6.48. The van der Waals surface area contributed by atoms with Crippen molar-refractivity contribution in [1.29, 1.82) is 0 Å². The maximum Gasteiger partial charge on any atom is 0.119 e. The first-order valence-electron chi connectivity index (χ1n) is 7.47. The average Bonchev–Trinajstić information content (AvgIpc) is 2.77. The molecule has 1 N–H and O–H groups in total. The quantitative estimate of drug-likeness (QED) is 0.857. The molecule has 0 aliphatic heterocycles. The summed E-state index contributed by atoms with van der Waals surface area (Å²) >= 11 is 3.67. The summed E-state index contributed by atoms with van der Waals surface area (Å²) in [7, 11) is 3.82. The van der Waals surface area contributed by atoms with Gasteiger partial charge in [0.15, 0.2) is 0 Å². The van der Waals surface area contributed by atoms with Crippen LogP contribution in [0.4, 0.5) is 0 Å². The molecule has 1 aromatic carbocycles. The molecule has 0 spiro atoms. The number of halogens is 1. The fourth-order valence-electron chi connectivity index (χ4n) is 3.62. The van der Waals surface area contributed by atoms with Gasteiger partial charge in [-0.05, 0) is 61.4 Å². The summed E-state index contributed by atoms with van der Waals surface area (Å²) in [6, 6.07) is 6.76. The summed E-state index contributed by atoms with van der Waals surface area (Å²) in [4.78, 5) is 0. The van der Waals surface area contributed by atoms with Crippen LogP contribution in [0.2, 0.25) is 0 Å². The minimum atomic E-state index is 0.443. The zero-order chi connectivity index (χ0) is 14.8. The summed E-state index contributed by atoms with van der Waals surface area (Å²) in [5.74, 6) is 1.68. The van der Waals surface area contributed by atoms with E-state index in [1.807, 2.05) is 6.07 Å². The van der Waals surface area contributed by atoms with E-state index >= 15 is 0 Å². The van der Waals surface area contributed by atoms with Crippen molar-refractivity contribution in [2.24, 2.45) is 11.3 Å². The average molecular weight is 340 g/mol. The Hall–Kier alpha value is -0.540. The van der Waals surface area contributed by atoms with E-state index in [1.54, 1.807) is 7.11 Å². The van der Waals surface area contributed by atoms with Gasteiger partial charge in [-0.3, -0.25) is 0 Å². The van der Waals surface area contributed by atoms with Gasteiger partial charge in [0.1, 0.15) is 5.75 Å². The van der Waals surface area contributed by atoms with Crippen LogP contribution in [0.3, 0.4) is 0 Å². The first kappa shape index (κ1) is 15.8. The molecule has 20 heavy (non-hydrogen) atoms. The molecule has 1 saturated carbocycles. The molecular formula is C17H26BrNO. The summed E-state index contributed by atoms with van der Waals surface area (Å²) < 4.78 is 6.53. The lowest BCUT2D eigenvalue weighted by Crippen LogP contribution is -2.40. The molecule has 0 heterocycles. The van der Waals surface area contributed by atoms with Gasteiger partial charge in [0.25, 0.3) is 0 Å². The van der Waals surface area contributed by atoms with Crippen molar-refractivity contribution in [3.8, 4) is 5.75 Å². The number of benzene rings is 1. The Morgan fingerprint density at radius 1 is 1.45 bits per heavy atom. The zero-order valence-electron chi connectivity index (χ0n) is 13.0. The standard InChI is InChI=1S/C17H26BrNO/c1-17(2)9-5-6-14(17)16(19-3)11-12-10-13(20-4)7-8-15(12)18/h7-8,10,14,16,19H,5-6,9,11H2,1-4H3. The molecule has 0 radical (unpaired) electrons. The Morgan fingerprint density at radius 3 is 2.75 bits per heavy atom. The first-order chi connectivity index (χ1) is 9.47. The van der Waals surface area contributed by atoms with Crippen LogP contribution in [0.25, 0.3) is 0 Å². The normalized spacial score (nSPS) is 22.8. The van der Waals surface area contributed by atoms with Crippen LogP contribution in [-0.2, 0) is 6.42 Å². The smallest absolute Gasteiger partial charge is 0.119 e. The van der Waals surface area contributed by atoms with Crippen molar-refractivity contribution >= 4 is 15.9 Å². The number of ether oxygens (including phenoxy) is 1. The molecule has 2 atom stereocenters. The van der Waals surface area contributed by atoms with Crippen LogP contribution in [0.5, 0.6) is 5.75 Å². The molecule has 1 aliphatic carbocycles. The third kappa shape index (κ3) is 3.37. The highest BCUT2D eigenvalue weighted by Crippen LogP contribution is 2.45. The lowest BCUT2D eigenvalue weighted by Gasteiger charge is -2.34. The predicted octanol–water partition coefficient (Wildman–Crippen LogP) is 4.41. The molecule has 3 heteroatoms. The second-order valence-electron chi connectivity index (χ2n) is 6.54. The maximum atomic E-state index is 5.35. The minimum Gasteiger partial charge on any atom is -0.497 e. The second-order valence-corrected chi connectivity index (χ2v) is 7.40. The van der Waals surface area contributed by atoms with Crippen molar-refractivity contribution in [3.63, 3.8) is 0 Å². The van der Waals surface area contributed by atoms with E-state index < -0.39 is 0 Å². The first-order valence-corrected chi connectivity index (χ1v) is 8.27. The van der Waals surface area contributed by atoms with Crippen LogP contribution in [0, 0.1) is 11.3 Å². The van der Waals surface area contributed by atoms with E-state index in [0.29, 0.717) is 11.5 Å². The molecule has 1 aliphatic rings. The summed E-state index contributed by atoms with van der Waals surface area (Å²) in [6.07, 6.45) is 5.08. The molecule has 1 fully saturated rings. The molecule has 0 bridgehead atoms. The molecule has 0 aromatic heterocycles. The highest BCUT2D eigenvalue weighted by Gasteiger charge is 2.38. The van der Waals surface area contributed by atoms with Crippen LogP contribution < -0.4 is 10.1 Å². The van der Waals surface area contributed by atoms with Gasteiger partial charge in [-0.15, -0.1) is 0 Å². The van der Waals surface area contributed by atoms with E-state index in [0.717, 1.165) is 18.1 Å². The van der Waals surface area contributed by atoms with E-state index in [1.165, 1.54) is 29.3 Å². The van der Waals surface area contributed by atoms with Crippen LogP contribution >= 0.6 is 15.9 Å². The maximum absolute atomic E-state index is 5.35. The van der Waals surface area contributed by atoms with E-state index in [4.69, 9.17) is 4.74 Å². The van der Waals surface area contributed by atoms with Gasteiger partial charge in [0.05, 0.1) is 7.11 Å². The van der Waals surface area contributed by atoms with Gasteiger partial charge in [0, 0.05) is 10.5 Å². The number of likely N-dealkylation sites (N-methyl/N-ethyl adjacent to an activating group) is 1. The van der Waals surface area contributed by atoms with E-state index in [-0.39, 0.29) is 0 Å². The number of methoxy groups -OCH3 is 1. The van der Waals surface area contributed by atoms with Crippen LogP contribution in [0.1, 0.15) is 38.7 Å². The summed E-state index contributed by atoms with van der Waals surface area (Å²) in [5, 5.41) is 3.55. The number of nitrogens with one attached hydrogen (secondary N) is 1. The van der Waals surface area contributed by atoms with Gasteiger partial charge < -0.3 is 10.1 Å². The van der Waals surface area contributed by atoms with Gasteiger partial charge >= 0.3 is 0 Å². The Bertz CT molecular complexity index is 458. The number of hydrogen-bond acceptors (Lipinski definition) is 2. The monoisotopic (exact) mass is 339 g/mol. The Kier molecular flexibility index (Phi) is 5.14. The van der Waals surface area contributed by atoms with Crippen molar-refractivity contribution in [3.05, 3.63) is 28.2 Å². The van der Waals surface area contributed by atoms with E-state index in [9.17, 15) is 0 Å². The van der Waals surface area contributed by atoms with Crippen molar-refractivity contribution < 1.29 is 4.74 Å². The molecule has 2 rings (SSSR count). The Morgan fingerprint density at radius 2 is 2.20 bits per heavy atom. The largest absolute Gasteiger partial charge is 0.497 e. The van der Waals surface area contributed by atoms with Gasteiger partial charge in [-0.1, -0.05) is 36.2 Å². The molecule has 0 amide bonds. The summed E-state index contributed by atoms with van der Waals surface area (Å²) in [6.45, 7) is 4.82. The van der Waals surface area contributed by atoms with Crippen LogP contribution in [-0.4, -0.2) is 20.2 Å². The predicted molar refractivity (Wildman–Crippen MR) is 88.4 cm³/mol. The summed E-state index contributed by atoms with van der Waals surface area (Å²) in [5.41, 5.74) is 1.77. The fourth-order valence-corrected chi connectivity index (χ4v) is 4.02. The lowest BCUT2D eigenvalue weighted by molar-refractivity contribution is 0.201. The Balaban J connectivity index is 2.18. The molecule has 2 unspecified atom stereocenters. The third-order valence-electron chi connectivity index (χ3n) is 4.89. The lowest BCUT2D eigenvalue weighted by atomic mass is 9.76. The number of hydrogen-bond donors (Lipinski definition) is 1. The minimum absolute atomic E-state index is 0.443. The van der Waals surface area contributed by atoms with Crippen LogP contribution in [0.15, 0.2) is 22.7 Å². The van der Waals surface area contributed by atoms with Gasteiger partial charge in [0.2, 0.25) is 0 Å². The number of rotatable bonds is 5. The molecule has 1 aromatic rings. The van der Waals surface area contributed by atoms with E-state index in [2.05, 4.69) is 54.3 Å². The topological polar surface area (TPSA) is 21.3 Å². The molecule has 112 valence electrons. The highest BCUT2D eigenvalue weighted by molar-refractivity contribution is 9.10. The van der Waals surface area contributed by atoms with Crippen molar-refractivity contribution in [1.82, 2.24) is 5.32 Å². The Labute approximate surface area is 131 Å². The van der Waals surface area contributed by atoms with Gasteiger partial charge in [-0.2, -0.15) is 0 Å². The van der Waals surface area contributed by atoms with Crippen molar-refractivity contribution in [2.75, 3.05) is 14.2 Å². The van der Waals surface area contributed by atoms with Gasteiger partial charge in [-0.25, -0.2) is 0 Å². The molecular weight excluding hydrogens is 314 g/mol. The zero-order valence-corrected chi connectivity index (χ0v) is 14.6. The third-order valence-corrected chi connectivity index (χ3v) is 5.66. The molecule has 2 nitrogen and oxygen atoms in total. The highest BCUT2D eigenvalue weighted by atomic mass is 79.9. The SMILES string of the molecule is CNC(Cc1cc(OC)ccc1Br)C1CCCC1(C)C. The molecule has 0 saturated heterocycles. The van der Waals surface area contributed by atoms with Crippen molar-refractivity contribution in [2.45, 2.75) is 45.6 Å².